The summed E-state index contributed by atoms with van der Waals surface area (Å²) in [7, 11) is 0. The van der Waals surface area contributed by atoms with Crippen LogP contribution in [0.3, 0.4) is 0 Å². The van der Waals surface area contributed by atoms with Crippen LogP contribution in [0.25, 0.3) is 11.0 Å². The van der Waals surface area contributed by atoms with E-state index >= 15 is 0 Å². The van der Waals surface area contributed by atoms with Gasteiger partial charge in [0, 0.05) is 36.8 Å². The van der Waals surface area contributed by atoms with Gasteiger partial charge in [-0.2, -0.15) is 0 Å². The molecule has 26 heavy (non-hydrogen) atoms. The highest BCUT2D eigenvalue weighted by Crippen LogP contribution is 2.32. The molecule has 1 atom stereocenters. The van der Waals surface area contributed by atoms with Crippen LogP contribution in [0.5, 0.6) is 0 Å². The summed E-state index contributed by atoms with van der Waals surface area (Å²) in [6.07, 6.45) is 8.06. The Morgan fingerprint density at radius 1 is 1.19 bits per heavy atom. The maximum absolute atomic E-state index is 12.9. The van der Waals surface area contributed by atoms with Crippen molar-refractivity contribution in [2.24, 2.45) is 5.92 Å². The van der Waals surface area contributed by atoms with Crippen molar-refractivity contribution in [3.8, 4) is 0 Å². The van der Waals surface area contributed by atoms with Gasteiger partial charge in [-0.05, 0) is 25.7 Å². The number of amides is 1. The summed E-state index contributed by atoms with van der Waals surface area (Å²) in [6.45, 7) is 0.972. The zero-order chi connectivity index (χ0) is 18.1. The summed E-state index contributed by atoms with van der Waals surface area (Å²) in [5.41, 5.74) is 1.27. The van der Waals surface area contributed by atoms with E-state index in [1.54, 1.807) is 6.20 Å². The number of anilines is 1. The van der Waals surface area contributed by atoms with Crippen LogP contribution in [0.4, 0.5) is 10.6 Å². The van der Waals surface area contributed by atoms with E-state index in [1.807, 2.05) is 0 Å². The number of aromatic nitrogens is 3. The summed E-state index contributed by atoms with van der Waals surface area (Å²) in [6, 6.07) is -0.0257. The number of aromatic amines is 1. The monoisotopic (exact) mass is 357 g/mol. The number of carboxylic acid groups (broad SMARTS) is 1. The average molecular weight is 357 g/mol. The van der Waals surface area contributed by atoms with E-state index < -0.39 is 6.09 Å². The largest absolute Gasteiger partial charge is 0.465 e. The number of H-pyrrole nitrogens is 1. The van der Waals surface area contributed by atoms with Crippen LogP contribution in [0.2, 0.25) is 0 Å². The van der Waals surface area contributed by atoms with E-state index in [2.05, 4.69) is 20.3 Å². The van der Waals surface area contributed by atoms with E-state index in [9.17, 15) is 14.7 Å². The van der Waals surface area contributed by atoms with Crippen molar-refractivity contribution in [2.75, 3.05) is 18.4 Å². The molecule has 8 nitrogen and oxygen atoms in total. The van der Waals surface area contributed by atoms with Gasteiger partial charge in [0.05, 0.1) is 5.39 Å². The lowest BCUT2D eigenvalue weighted by Gasteiger charge is -2.31. The molecule has 0 aromatic carbocycles. The van der Waals surface area contributed by atoms with Gasteiger partial charge in [-0.3, -0.25) is 4.79 Å². The van der Waals surface area contributed by atoms with Gasteiger partial charge < -0.3 is 20.3 Å². The normalized spacial score (nSPS) is 21.2. The molecule has 138 valence electrons. The third kappa shape index (κ3) is 3.11. The maximum atomic E-state index is 12.9. The van der Waals surface area contributed by atoms with Crippen molar-refractivity contribution in [1.29, 1.82) is 0 Å². The predicted octanol–water partition coefficient (Wildman–Crippen LogP) is 2.89. The summed E-state index contributed by atoms with van der Waals surface area (Å²) >= 11 is 0. The molecule has 3 heterocycles. The zero-order valence-corrected chi connectivity index (χ0v) is 14.6. The molecule has 4 rings (SSSR count). The molecule has 2 aliphatic rings. The highest BCUT2D eigenvalue weighted by molar-refractivity contribution is 6.11. The number of nitrogens with one attached hydrogen (secondary N) is 2. The third-order valence-corrected chi connectivity index (χ3v) is 5.49. The third-order valence-electron chi connectivity index (χ3n) is 5.49. The Bertz CT molecular complexity index is 827. The number of hydrogen-bond acceptors (Lipinski definition) is 5. The summed E-state index contributed by atoms with van der Waals surface area (Å²) in [5.74, 6) is 0.844. The van der Waals surface area contributed by atoms with E-state index in [0.29, 0.717) is 30.1 Å². The van der Waals surface area contributed by atoms with E-state index in [1.165, 1.54) is 11.2 Å². The number of piperidine rings is 1. The lowest BCUT2D eigenvalue weighted by molar-refractivity contribution is 0.0924. The molecule has 8 heteroatoms. The first kappa shape index (κ1) is 16.8. The lowest BCUT2D eigenvalue weighted by atomic mass is 9.96. The van der Waals surface area contributed by atoms with E-state index in [-0.39, 0.29) is 17.7 Å². The Morgan fingerprint density at radius 2 is 2.00 bits per heavy atom. The van der Waals surface area contributed by atoms with Crippen LogP contribution in [0.15, 0.2) is 12.5 Å². The minimum Gasteiger partial charge on any atom is -0.465 e. The van der Waals surface area contributed by atoms with Crippen molar-refractivity contribution in [1.82, 2.24) is 19.9 Å². The molecule has 0 radical (unpaired) electrons. The molecule has 1 unspecified atom stereocenters. The molecular weight excluding hydrogens is 334 g/mol. The predicted molar refractivity (Wildman–Crippen MR) is 96.4 cm³/mol. The quantitative estimate of drug-likeness (QED) is 0.726. The topological polar surface area (TPSA) is 111 Å². The lowest BCUT2D eigenvalue weighted by Crippen LogP contribution is -2.44. The van der Waals surface area contributed by atoms with Gasteiger partial charge in [-0.15, -0.1) is 0 Å². The van der Waals surface area contributed by atoms with Gasteiger partial charge in [0.15, 0.2) is 5.78 Å². The number of likely N-dealkylation sites (tertiary alicyclic amines) is 1. The van der Waals surface area contributed by atoms with Crippen LogP contribution in [-0.2, 0) is 0 Å². The van der Waals surface area contributed by atoms with Crippen LogP contribution < -0.4 is 5.32 Å². The van der Waals surface area contributed by atoms with Crippen molar-refractivity contribution < 1.29 is 14.7 Å². The molecule has 1 saturated heterocycles. The van der Waals surface area contributed by atoms with Gasteiger partial charge in [-0.1, -0.05) is 12.8 Å². The van der Waals surface area contributed by atoms with Gasteiger partial charge in [-0.25, -0.2) is 14.8 Å². The molecular formula is C18H23N5O3. The first-order chi connectivity index (χ1) is 12.6. The van der Waals surface area contributed by atoms with Crippen molar-refractivity contribution in [3.63, 3.8) is 0 Å². The molecule has 2 fully saturated rings. The van der Waals surface area contributed by atoms with Gasteiger partial charge in [0.1, 0.15) is 17.8 Å². The smallest absolute Gasteiger partial charge is 0.407 e. The highest BCUT2D eigenvalue weighted by atomic mass is 16.4. The fourth-order valence-electron chi connectivity index (χ4n) is 4.14. The Morgan fingerprint density at radius 3 is 2.77 bits per heavy atom. The van der Waals surface area contributed by atoms with Gasteiger partial charge >= 0.3 is 6.09 Å². The standard InChI is InChI=1S/C18H23N5O3/c24-15(11-4-1-2-5-11)13-8-19-16-14(13)17(21-10-20-16)22-12-6-3-7-23(9-12)18(25)26/h8,10-12H,1-7,9H2,(H,25,26)(H2,19,20,21,22). The Hall–Kier alpha value is -2.64. The second kappa shape index (κ2) is 6.93. The van der Waals surface area contributed by atoms with Crippen LogP contribution in [0, 0.1) is 5.92 Å². The number of carbonyl (C=O) groups is 2. The number of carbonyl (C=O) groups excluding carboxylic acids is 1. The fraction of sp³-hybridized carbons (Fsp3) is 0.556. The number of nitrogens with zero attached hydrogens (tertiary/aromatic N) is 3. The molecule has 2 aromatic heterocycles. The number of hydrogen-bond donors (Lipinski definition) is 3. The highest BCUT2D eigenvalue weighted by Gasteiger charge is 2.28. The van der Waals surface area contributed by atoms with Crippen molar-refractivity contribution in [2.45, 2.75) is 44.6 Å². The van der Waals surface area contributed by atoms with E-state index in [4.69, 9.17) is 0 Å². The summed E-state index contributed by atoms with van der Waals surface area (Å²) in [4.78, 5) is 37.3. The maximum Gasteiger partial charge on any atom is 0.407 e. The average Bonchev–Trinajstić information content (AvgIpc) is 3.32. The molecule has 3 N–H and O–H groups in total. The molecule has 2 aromatic rings. The number of fused-ring (bicyclic) bond motifs is 1. The second-order valence-corrected chi connectivity index (χ2v) is 7.21. The molecule has 0 bridgehead atoms. The first-order valence-corrected chi connectivity index (χ1v) is 9.24. The van der Waals surface area contributed by atoms with Crippen LogP contribution in [0.1, 0.15) is 48.9 Å². The number of ketones is 1. The van der Waals surface area contributed by atoms with Gasteiger partial charge in [0.2, 0.25) is 0 Å². The van der Waals surface area contributed by atoms with Gasteiger partial charge in [0.25, 0.3) is 0 Å². The number of Topliss-reactive ketones (excluding diaryl/α,β-unsaturated/α-hetero) is 1. The molecule has 1 aliphatic carbocycles. The summed E-state index contributed by atoms with van der Waals surface area (Å²) in [5, 5.41) is 13.3. The Kier molecular flexibility index (Phi) is 4.48. The van der Waals surface area contributed by atoms with Crippen LogP contribution in [-0.4, -0.2) is 56.0 Å². The molecule has 0 spiro atoms. The van der Waals surface area contributed by atoms with Crippen LogP contribution >= 0.6 is 0 Å². The summed E-state index contributed by atoms with van der Waals surface area (Å²) < 4.78 is 0. The molecule has 1 aliphatic heterocycles. The minimum absolute atomic E-state index is 0.0257. The SMILES string of the molecule is O=C(c1c[nH]c2ncnc(NC3CCCN(C(=O)O)C3)c12)C1CCCC1. The van der Waals surface area contributed by atoms with Crippen molar-refractivity contribution >= 4 is 28.7 Å². The fourth-order valence-corrected chi connectivity index (χ4v) is 4.14. The van der Waals surface area contributed by atoms with E-state index in [0.717, 1.165) is 43.9 Å². The second-order valence-electron chi connectivity index (χ2n) is 7.21. The number of rotatable bonds is 4. The van der Waals surface area contributed by atoms with Crippen molar-refractivity contribution in [3.05, 3.63) is 18.1 Å². The minimum atomic E-state index is -0.900. The zero-order valence-electron chi connectivity index (χ0n) is 14.6. The molecule has 1 amide bonds. The Labute approximate surface area is 151 Å². The first-order valence-electron chi connectivity index (χ1n) is 9.24. The Balaban J connectivity index is 1.61. The molecule has 1 saturated carbocycles.